The number of piperidine rings is 1. The Bertz CT molecular complexity index is 903. The molecule has 3 rings (SSSR count). The molecular formula is C31H46N2O6. The van der Waals surface area contributed by atoms with E-state index in [1.54, 1.807) is 7.11 Å². The number of amides is 1. The fraction of sp³-hybridized carbons (Fsp3) is 0.581. The second kappa shape index (κ2) is 18.7. The third kappa shape index (κ3) is 11.6. The number of likely N-dealkylation sites (tertiary alicyclic amines) is 1. The summed E-state index contributed by atoms with van der Waals surface area (Å²) < 4.78 is 26.9. The number of anilines is 1. The van der Waals surface area contributed by atoms with Crippen LogP contribution in [0.2, 0.25) is 0 Å². The normalized spacial score (nSPS) is 14.4. The van der Waals surface area contributed by atoms with Gasteiger partial charge >= 0.3 is 0 Å². The van der Waals surface area contributed by atoms with Crippen molar-refractivity contribution in [3.63, 3.8) is 0 Å². The fourth-order valence-electron chi connectivity index (χ4n) is 4.71. The van der Waals surface area contributed by atoms with Gasteiger partial charge in [-0.1, -0.05) is 37.3 Å². The zero-order valence-corrected chi connectivity index (χ0v) is 23.7. The maximum atomic E-state index is 12.9. The first-order chi connectivity index (χ1) is 19.2. The first-order valence-corrected chi connectivity index (χ1v) is 14.2. The van der Waals surface area contributed by atoms with Gasteiger partial charge in [-0.3, -0.25) is 4.79 Å². The summed E-state index contributed by atoms with van der Waals surface area (Å²) in [6.07, 6.45) is 4.37. The number of carbonyl (C=O) groups excluding carboxylic acids is 1. The Morgan fingerprint density at radius 3 is 2.23 bits per heavy atom. The number of rotatable bonds is 19. The van der Waals surface area contributed by atoms with Crippen molar-refractivity contribution in [3.8, 4) is 5.75 Å². The van der Waals surface area contributed by atoms with Crippen molar-refractivity contribution >= 4 is 11.6 Å². The molecule has 0 saturated carbocycles. The monoisotopic (exact) mass is 542 g/mol. The van der Waals surface area contributed by atoms with Gasteiger partial charge in [-0.25, -0.2) is 0 Å². The lowest BCUT2D eigenvalue weighted by atomic mass is 10.0. The Morgan fingerprint density at radius 2 is 1.54 bits per heavy atom. The van der Waals surface area contributed by atoms with Gasteiger partial charge in [-0.15, -0.1) is 0 Å². The smallest absolute Gasteiger partial charge is 0.226 e. The Labute approximate surface area is 234 Å². The molecule has 1 aliphatic heterocycles. The minimum atomic E-state index is 0.171. The van der Waals surface area contributed by atoms with Crippen LogP contribution in [0.5, 0.6) is 5.75 Å². The summed E-state index contributed by atoms with van der Waals surface area (Å²) in [4.78, 5) is 17.5. The number of benzene rings is 2. The molecule has 0 bridgehead atoms. The van der Waals surface area contributed by atoms with Crippen LogP contribution in [0.15, 0.2) is 54.6 Å². The number of hydrogen-bond acceptors (Lipinski definition) is 7. The number of nitrogens with zero attached hydrogens (tertiary/aromatic N) is 2. The first-order valence-electron chi connectivity index (χ1n) is 14.2. The van der Waals surface area contributed by atoms with Gasteiger partial charge in [0.25, 0.3) is 0 Å². The third-order valence-corrected chi connectivity index (χ3v) is 6.81. The van der Waals surface area contributed by atoms with Gasteiger partial charge in [0.2, 0.25) is 5.91 Å². The molecule has 0 N–H and O–H groups in total. The van der Waals surface area contributed by atoms with E-state index in [9.17, 15) is 4.79 Å². The molecule has 0 unspecified atom stereocenters. The van der Waals surface area contributed by atoms with Gasteiger partial charge in [0, 0.05) is 51.5 Å². The summed E-state index contributed by atoms with van der Waals surface area (Å²) >= 11 is 0. The van der Waals surface area contributed by atoms with Gasteiger partial charge in [0.05, 0.1) is 26.4 Å². The molecular weight excluding hydrogens is 496 g/mol. The van der Waals surface area contributed by atoms with E-state index in [2.05, 4.69) is 35.2 Å². The van der Waals surface area contributed by atoms with Crippen LogP contribution in [0.4, 0.5) is 5.69 Å². The molecule has 2 aromatic rings. The van der Waals surface area contributed by atoms with E-state index in [-0.39, 0.29) is 11.9 Å². The summed E-state index contributed by atoms with van der Waals surface area (Å²) in [6.45, 7) is 8.63. The van der Waals surface area contributed by atoms with E-state index >= 15 is 0 Å². The van der Waals surface area contributed by atoms with Crippen LogP contribution in [0.1, 0.15) is 38.2 Å². The van der Waals surface area contributed by atoms with Crippen LogP contribution >= 0.6 is 0 Å². The fourth-order valence-corrected chi connectivity index (χ4v) is 4.71. The maximum Gasteiger partial charge on any atom is 0.226 e. The molecule has 216 valence electrons. The predicted octanol–water partition coefficient (Wildman–Crippen LogP) is 4.56. The Morgan fingerprint density at radius 1 is 0.872 bits per heavy atom. The third-order valence-electron chi connectivity index (χ3n) is 6.81. The quantitative estimate of drug-likeness (QED) is 0.190. The first kappa shape index (κ1) is 31.0. The van der Waals surface area contributed by atoms with Crippen LogP contribution in [0.25, 0.3) is 0 Å². The molecule has 0 aromatic heterocycles. The largest absolute Gasteiger partial charge is 0.491 e. The predicted molar refractivity (Wildman–Crippen MR) is 153 cm³/mol. The summed E-state index contributed by atoms with van der Waals surface area (Å²) in [7, 11) is 1.61. The van der Waals surface area contributed by atoms with E-state index in [1.165, 1.54) is 5.56 Å². The van der Waals surface area contributed by atoms with E-state index in [0.717, 1.165) is 56.8 Å². The maximum absolute atomic E-state index is 12.9. The van der Waals surface area contributed by atoms with Crippen molar-refractivity contribution in [3.05, 3.63) is 60.2 Å². The molecule has 8 heteroatoms. The average molecular weight is 543 g/mol. The minimum Gasteiger partial charge on any atom is -0.491 e. The highest BCUT2D eigenvalue weighted by molar-refractivity contribution is 5.93. The number of hydrogen-bond donors (Lipinski definition) is 0. The van der Waals surface area contributed by atoms with Crippen LogP contribution in [-0.4, -0.2) is 90.0 Å². The van der Waals surface area contributed by atoms with Crippen molar-refractivity contribution in [2.75, 3.05) is 78.1 Å². The molecule has 0 atom stereocenters. The SMILES string of the molecule is CCC(=O)N(c1ccc(OCCOCCOCCCOCOC)cc1)C1CCN(CCc2ccccc2)CC1. The van der Waals surface area contributed by atoms with E-state index in [0.29, 0.717) is 52.9 Å². The lowest BCUT2D eigenvalue weighted by molar-refractivity contribution is -0.119. The molecule has 0 radical (unpaired) electrons. The highest BCUT2D eigenvalue weighted by Crippen LogP contribution is 2.27. The zero-order chi connectivity index (χ0) is 27.5. The number of methoxy groups -OCH3 is 1. The Hall–Kier alpha value is -2.49. The van der Waals surface area contributed by atoms with E-state index in [1.807, 2.05) is 36.1 Å². The lowest BCUT2D eigenvalue weighted by Gasteiger charge is -2.38. The van der Waals surface area contributed by atoms with Crippen LogP contribution in [0, 0.1) is 0 Å². The molecule has 1 heterocycles. The molecule has 39 heavy (non-hydrogen) atoms. The molecule has 1 aliphatic rings. The highest BCUT2D eigenvalue weighted by Gasteiger charge is 2.28. The average Bonchev–Trinajstić information content (AvgIpc) is 2.98. The van der Waals surface area contributed by atoms with Gasteiger partial charge in [-0.05, 0) is 55.5 Å². The van der Waals surface area contributed by atoms with Gasteiger partial charge in [-0.2, -0.15) is 0 Å². The summed E-state index contributed by atoms with van der Waals surface area (Å²) in [5, 5.41) is 0. The van der Waals surface area contributed by atoms with Gasteiger partial charge < -0.3 is 33.5 Å². The second-order valence-electron chi connectivity index (χ2n) is 9.66. The summed E-state index contributed by atoms with van der Waals surface area (Å²) in [6, 6.07) is 18.7. The zero-order valence-electron chi connectivity index (χ0n) is 23.7. The van der Waals surface area contributed by atoms with E-state index in [4.69, 9.17) is 23.7 Å². The standard InChI is InChI=1S/C31H46N2O6/c1-3-31(34)33(29-15-18-32(19-16-29)17-14-27-8-5-4-6-9-27)28-10-12-30(13-11-28)39-25-24-37-23-22-36-20-7-21-38-26-35-2/h4-6,8-13,29H,3,7,14-26H2,1-2H3. The molecule has 1 saturated heterocycles. The molecule has 2 aromatic carbocycles. The van der Waals surface area contributed by atoms with Crippen molar-refractivity contribution in [1.29, 1.82) is 0 Å². The van der Waals surface area contributed by atoms with Crippen molar-refractivity contribution < 1.29 is 28.5 Å². The van der Waals surface area contributed by atoms with Crippen LogP contribution < -0.4 is 9.64 Å². The Kier molecular flexibility index (Phi) is 14.9. The van der Waals surface area contributed by atoms with Crippen molar-refractivity contribution in [2.24, 2.45) is 0 Å². The summed E-state index contributed by atoms with van der Waals surface area (Å²) in [5.74, 6) is 0.943. The lowest BCUT2D eigenvalue weighted by Crippen LogP contribution is -2.47. The van der Waals surface area contributed by atoms with Crippen LogP contribution in [0.3, 0.4) is 0 Å². The van der Waals surface area contributed by atoms with Gasteiger partial charge in [0.15, 0.2) is 0 Å². The van der Waals surface area contributed by atoms with Crippen LogP contribution in [-0.2, 0) is 30.2 Å². The van der Waals surface area contributed by atoms with Crippen molar-refractivity contribution in [1.82, 2.24) is 4.90 Å². The Balaban J connectivity index is 1.34. The van der Waals surface area contributed by atoms with Gasteiger partial charge in [0.1, 0.15) is 19.1 Å². The van der Waals surface area contributed by atoms with Crippen molar-refractivity contribution in [2.45, 2.75) is 45.1 Å². The minimum absolute atomic E-state index is 0.171. The second-order valence-corrected chi connectivity index (χ2v) is 9.66. The van der Waals surface area contributed by atoms with E-state index < -0.39 is 0 Å². The highest BCUT2D eigenvalue weighted by atomic mass is 16.7. The molecule has 0 spiro atoms. The molecule has 1 fully saturated rings. The topological polar surface area (TPSA) is 69.7 Å². The molecule has 0 aliphatic carbocycles. The number of ether oxygens (including phenoxy) is 5. The molecule has 8 nitrogen and oxygen atoms in total. The number of carbonyl (C=O) groups is 1. The summed E-state index contributed by atoms with van der Waals surface area (Å²) in [5.41, 5.74) is 2.32. The molecule has 1 amide bonds.